The van der Waals surface area contributed by atoms with Crippen LogP contribution >= 0.6 is 0 Å². The molecule has 0 amide bonds. The predicted octanol–water partition coefficient (Wildman–Crippen LogP) is 3.95. The van der Waals surface area contributed by atoms with Gasteiger partial charge in [0, 0.05) is 12.7 Å². The zero-order chi connectivity index (χ0) is 11.1. The highest BCUT2D eigenvalue weighted by atomic mass is 14.8. The maximum atomic E-state index is 3.77. The van der Waals surface area contributed by atoms with Crippen molar-refractivity contribution in [2.24, 2.45) is 5.92 Å². The molecule has 0 heterocycles. The van der Waals surface area contributed by atoms with Gasteiger partial charge in [-0.1, -0.05) is 37.3 Å². The topological polar surface area (TPSA) is 12.0 Å². The lowest BCUT2D eigenvalue weighted by Gasteiger charge is -2.01. The van der Waals surface area contributed by atoms with Crippen LogP contribution in [0.15, 0.2) is 43.0 Å². The molecule has 1 rings (SSSR count). The van der Waals surface area contributed by atoms with Crippen molar-refractivity contribution in [1.29, 1.82) is 0 Å². The van der Waals surface area contributed by atoms with Crippen molar-refractivity contribution < 1.29 is 0 Å². The van der Waals surface area contributed by atoms with Crippen LogP contribution < -0.4 is 5.32 Å². The van der Waals surface area contributed by atoms with Gasteiger partial charge in [0.05, 0.1) is 0 Å². The minimum Gasteiger partial charge on any atom is -0.388 e. The van der Waals surface area contributed by atoms with Gasteiger partial charge in [-0.15, -0.1) is 6.58 Å². The number of anilines is 1. The van der Waals surface area contributed by atoms with Gasteiger partial charge in [0.2, 0.25) is 0 Å². The Hall–Kier alpha value is -1.50. The summed E-state index contributed by atoms with van der Waals surface area (Å²) in [5.41, 5.74) is 2.39. The van der Waals surface area contributed by atoms with Gasteiger partial charge in [-0.05, 0) is 30.0 Å². The number of hydrogen-bond donors (Lipinski definition) is 1. The number of nitrogens with one attached hydrogen (secondary N) is 1. The maximum absolute atomic E-state index is 3.77. The molecule has 1 nitrogen and oxygen atoms in total. The van der Waals surface area contributed by atoms with Crippen molar-refractivity contribution in [3.8, 4) is 0 Å². The summed E-state index contributed by atoms with van der Waals surface area (Å²) in [5, 5.41) is 3.10. The first-order valence-electron chi connectivity index (χ1n) is 5.33. The molecule has 1 heteroatoms. The first-order valence-corrected chi connectivity index (χ1v) is 5.33. The lowest BCUT2D eigenvalue weighted by atomic mass is 10.1. The zero-order valence-corrected chi connectivity index (χ0v) is 9.53. The van der Waals surface area contributed by atoms with E-state index in [0.717, 1.165) is 12.1 Å². The van der Waals surface area contributed by atoms with E-state index in [0.29, 0.717) is 5.92 Å². The van der Waals surface area contributed by atoms with E-state index in [-0.39, 0.29) is 0 Å². The molecule has 1 N–H and O–H groups in total. The average Bonchev–Trinajstić information content (AvgIpc) is 2.29. The molecule has 1 atom stereocenters. The Kier molecular flexibility index (Phi) is 4.69. The molecule has 0 radical (unpaired) electrons. The largest absolute Gasteiger partial charge is 0.388 e. The molecular formula is C14H19N. The summed E-state index contributed by atoms with van der Waals surface area (Å²) in [6.45, 7) is 5.93. The number of benzene rings is 1. The zero-order valence-electron chi connectivity index (χ0n) is 9.53. The SMILES string of the molecule is C=CC(C)C/C=C/c1ccc(NC)cc1. The number of allylic oxidation sites excluding steroid dienone is 2. The lowest BCUT2D eigenvalue weighted by Crippen LogP contribution is -1.86. The Morgan fingerprint density at radius 1 is 1.33 bits per heavy atom. The Balaban J connectivity index is 2.53. The number of hydrogen-bond acceptors (Lipinski definition) is 1. The van der Waals surface area contributed by atoms with Gasteiger partial charge in [0.15, 0.2) is 0 Å². The van der Waals surface area contributed by atoms with Crippen molar-refractivity contribution in [2.75, 3.05) is 12.4 Å². The molecule has 0 aliphatic heterocycles. The van der Waals surface area contributed by atoms with Crippen LogP contribution in [0.3, 0.4) is 0 Å². The smallest absolute Gasteiger partial charge is 0.0337 e. The molecule has 0 saturated carbocycles. The van der Waals surface area contributed by atoms with Crippen molar-refractivity contribution in [2.45, 2.75) is 13.3 Å². The Morgan fingerprint density at radius 3 is 2.53 bits per heavy atom. The highest BCUT2D eigenvalue weighted by Crippen LogP contribution is 2.11. The fourth-order valence-corrected chi connectivity index (χ4v) is 1.28. The fraction of sp³-hybridized carbons (Fsp3) is 0.286. The molecule has 1 aromatic rings. The van der Waals surface area contributed by atoms with Crippen LogP contribution in [0.5, 0.6) is 0 Å². The van der Waals surface area contributed by atoms with Crippen LogP contribution in [-0.2, 0) is 0 Å². The van der Waals surface area contributed by atoms with Crippen LogP contribution in [0.1, 0.15) is 18.9 Å². The maximum Gasteiger partial charge on any atom is 0.0337 e. The minimum absolute atomic E-state index is 0.554. The molecular weight excluding hydrogens is 182 g/mol. The van der Waals surface area contributed by atoms with E-state index in [9.17, 15) is 0 Å². The third-order valence-electron chi connectivity index (χ3n) is 2.42. The molecule has 1 unspecified atom stereocenters. The Bertz CT molecular complexity index is 322. The minimum atomic E-state index is 0.554. The quantitative estimate of drug-likeness (QED) is 0.711. The van der Waals surface area contributed by atoms with E-state index in [1.165, 1.54) is 5.56 Å². The van der Waals surface area contributed by atoms with Gasteiger partial charge in [0.25, 0.3) is 0 Å². The van der Waals surface area contributed by atoms with E-state index in [2.05, 4.69) is 55.2 Å². The highest BCUT2D eigenvalue weighted by Gasteiger charge is 1.91. The fourth-order valence-electron chi connectivity index (χ4n) is 1.28. The van der Waals surface area contributed by atoms with E-state index in [4.69, 9.17) is 0 Å². The van der Waals surface area contributed by atoms with E-state index >= 15 is 0 Å². The summed E-state index contributed by atoms with van der Waals surface area (Å²) in [6.07, 6.45) is 7.38. The molecule has 0 saturated heterocycles. The lowest BCUT2D eigenvalue weighted by molar-refractivity contribution is 0.748. The summed E-state index contributed by atoms with van der Waals surface area (Å²) in [7, 11) is 1.93. The van der Waals surface area contributed by atoms with Gasteiger partial charge < -0.3 is 5.32 Å². The highest BCUT2D eigenvalue weighted by molar-refractivity contribution is 5.54. The van der Waals surface area contributed by atoms with Crippen LogP contribution in [0.25, 0.3) is 6.08 Å². The molecule has 0 spiro atoms. The predicted molar refractivity (Wildman–Crippen MR) is 69.0 cm³/mol. The van der Waals surface area contributed by atoms with Crippen LogP contribution in [0.4, 0.5) is 5.69 Å². The Labute approximate surface area is 92.5 Å². The first kappa shape index (κ1) is 11.6. The van der Waals surface area contributed by atoms with E-state index in [1.54, 1.807) is 0 Å². The van der Waals surface area contributed by atoms with Gasteiger partial charge in [-0.25, -0.2) is 0 Å². The second kappa shape index (κ2) is 6.07. The van der Waals surface area contributed by atoms with E-state index in [1.807, 2.05) is 13.1 Å². The van der Waals surface area contributed by atoms with Crippen molar-refractivity contribution in [1.82, 2.24) is 0 Å². The molecule has 15 heavy (non-hydrogen) atoms. The van der Waals surface area contributed by atoms with Crippen molar-refractivity contribution in [3.63, 3.8) is 0 Å². The third-order valence-corrected chi connectivity index (χ3v) is 2.42. The first-order chi connectivity index (χ1) is 7.26. The molecule has 80 valence electrons. The van der Waals surface area contributed by atoms with Gasteiger partial charge >= 0.3 is 0 Å². The molecule has 0 fully saturated rings. The molecule has 0 aromatic heterocycles. The summed E-state index contributed by atoms with van der Waals surface area (Å²) >= 11 is 0. The van der Waals surface area contributed by atoms with E-state index < -0.39 is 0 Å². The van der Waals surface area contributed by atoms with Crippen LogP contribution in [-0.4, -0.2) is 7.05 Å². The van der Waals surface area contributed by atoms with Crippen molar-refractivity contribution >= 4 is 11.8 Å². The third kappa shape index (κ3) is 4.03. The Morgan fingerprint density at radius 2 is 2.00 bits per heavy atom. The van der Waals surface area contributed by atoms with Gasteiger partial charge in [-0.3, -0.25) is 0 Å². The molecule has 0 bridgehead atoms. The normalized spacial score (nSPS) is 12.7. The monoisotopic (exact) mass is 201 g/mol. The standard InChI is InChI=1S/C14H19N/c1-4-12(2)6-5-7-13-8-10-14(15-3)11-9-13/h4-5,7-12,15H,1,6H2,2-3H3/b7-5+. The summed E-state index contributed by atoms with van der Waals surface area (Å²) in [4.78, 5) is 0. The second-order valence-corrected chi connectivity index (χ2v) is 3.72. The molecule has 0 aliphatic rings. The van der Waals surface area contributed by atoms with Gasteiger partial charge in [-0.2, -0.15) is 0 Å². The van der Waals surface area contributed by atoms with Crippen LogP contribution in [0.2, 0.25) is 0 Å². The second-order valence-electron chi connectivity index (χ2n) is 3.72. The summed E-state index contributed by atoms with van der Waals surface area (Å²) in [6, 6.07) is 8.38. The average molecular weight is 201 g/mol. The summed E-state index contributed by atoms with van der Waals surface area (Å²) in [5.74, 6) is 0.554. The van der Waals surface area contributed by atoms with Crippen molar-refractivity contribution in [3.05, 3.63) is 48.6 Å². The van der Waals surface area contributed by atoms with Gasteiger partial charge in [0.1, 0.15) is 0 Å². The molecule has 1 aromatic carbocycles. The summed E-state index contributed by atoms with van der Waals surface area (Å²) < 4.78 is 0. The number of rotatable bonds is 5. The molecule has 0 aliphatic carbocycles. The van der Waals surface area contributed by atoms with Crippen LogP contribution in [0, 0.1) is 5.92 Å².